The number of nitrogens with two attached hydrogens (primary N) is 1. The van der Waals surface area contributed by atoms with Crippen LogP contribution in [-0.2, 0) is 9.59 Å². The van der Waals surface area contributed by atoms with Gasteiger partial charge < -0.3 is 10.8 Å². The van der Waals surface area contributed by atoms with Gasteiger partial charge in [-0.15, -0.1) is 10.2 Å². The minimum absolute atomic E-state index is 0.149. The van der Waals surface area contributed by atoms with Crippen molar-refractivity contribution in [2.24, 2.45) is 23.5 Å². The van der Waals surface area contributed by atoms with Crippen LogP contribution in [0.15, 0.2) is 0 Å². The highest BCUT2D eigenvalue weighted by Gasteiger charge is 2.53. The molecule has 31 heavy (non-hydrogen) atoms. The van der Waals surface area contributed by atoms with E-state index in [9.17, 15) is 14.7 Å². The van der Waals surface area contributed by atoms with Gasteiger partial charge in [0.15, 0.2) is 0 Å². The van der Waals surface area contributed by atoms with Gasteiger partial charge in [0.05, 0.1) is 0 Å². The monoisotopic (exact) mass is 447 g/mol. The highest BCUT2D eigenvalue weighted by Crippen LogP contribution is 2.34. The number of carbonyl (C=O) groups excluding carboxylic acids is 2. The number of amides is 2. The lowest BCUT2D eigenvalue weighted by molar-refractivity contribution is -0.251. The third-order valence-corrected chi connectivity index (χ3v) is 6.40. The molecule has 2 atom stereocenters. The smallest absolute Gasteiger partial charge is 0.252 e. The molecule has 2 amide bonds. The number of aliphatic hydroxyl groups excluding tert-OH is 1. The zero-order valence-corrected chi connectivity index (χ0v) is 19.9. The number of halogens is 2. The number of rotatable bonds is 12. The Hall–Kier alpha value is -1.28. The Labute approximate surface area is 186 Å². The zero-order valence-electron chi connectivity index (χ0n) is 19.9. The Morgan fingerprint density at radius 1 is 0.968 bits per heavy atom. The second kappa shape index (κ2) is 12.7. The topological polar surface area (TPSA) is 86.9 Å². The molecular formula is C23H43F2N3O3. The number of nitrogens with zero attached hydrogens (tertiary/aromatic N) is 2. The third kappa shape index (κ3) is 7.97. The minimum Gasteiger partial charge on any atom is -0.387 e. The average molecular weight is 448 g/mol. The minimum atomic E-state index is -2.52. The molecule has 1 aliphatic carbocycles. The summed E-state index contributed by atoms with van der Waals surface area (Å²) in [7, 11) is 0. The van der Waals surface area contributed by atoms with Crippen molar-refractivity contribution in [3.05, 3.63) is 0 Å². The molecule has 3 N–H and O–H groups in total. The molecule has 0 spiro atoms. The van der Waals surface area contributed by atoms with Crippen LogP contribution in [0.1, 0.15) is 98.8 Å². The van der Waals surface area contributed by atoms with Gasteiger partial charge in [-0.1, -0.05) is 68.8 Å². The van der Waals surface area contributed by atoms with Gasteiger partial charge in [0.1, 0.15) is 6.10 Å². The Morgan fingerprint density at radius 2 is 1.39 bits per heavy atom. The highest BCUT2D eigenvalue weighted by atomic mass is 19.2. The summed E-state index contributed by atoms with van der Waals surface area (Å²) in [6, 6.07) is -0.972. The standard InChI is InChI=1S/C23H43F2N3O3/c1-16(2)11-13-20(29)27(24)23(5,28(25)21(30)14-12-17(3)4)22(31)19(26)15-18-9-7-6-8-10-18/h16-19,22,31H,6-15,26H2,1-5H3/t19-,22+/m0/s1. The fourth-order valence-corrected chi connectivity index (χ4v) is 4.18. The summed E-state index contributed by atoms with van der Waals surface area (Å²) in [6.45, 7) is 8.60. The molecule has 0 saturated heterocycles. The van der Waals surface area contributed by atoms with E-state index in [0.29, 0.717) is 19.3 Å². The van der Waals surface area contributed by atoms with E-state index in [1.807, 2.05) is 27.7 Å². The van der Waals surface area contributed by atoms with E-state index in [-0.39, 0.29) is 40.8 Å². The first-order chi connectivity index (χ1) is 14.4. The summed E-state index contributed by atoms with van der Waals surface area (Å²) < 4.78 is 30.7. The van der Waals surface area contributed by atoms with Crippen molar-refractivity contribution in [2.45, 2.75) is 117 Å². The van der Waals surface area contributed by atoms with Crippen LogP contribution in [0.4, 0.5) is 8.96 Å². The fourth-order valence-electron chi connectivity index (χ4n) is 4.18. The second-order valence-electron chi connectivity index (χ2n) is 10.2. The summed E-state index contributed by atoms with van der Waals surface area (Å²) in [6.07, 6.45) is 4.33. The molecule has 0 bridgehead atoms. The fraction of sp³-hybridized carbons (Fsp3) is 0.913. The summed E-state index contributed by atoms with van der Waals surface area (Å²) in [5.74, 6) is -1.39. The number of carbonyl (C=O) groups is 2. The predicted molar refractivity (Wildman–Crippen MR) is 118 cm³/mol. The van der Waals surface area contributed by atoms with Crippen molar-refractivity contribution < 1.29 is 23.7 Å². The average Bonchev–Trinajstić information content (AvgIpc) is 2.73. The maximum absolute atomic E-state index is 15.3. The van der Waals surface area contributed by atoms with Gasteiger partial charge in [0, 0.05) is 18.9 Å². The Morgan fingerprint density at radius 3 is 1.77 bits per heavy atom. The first-order valence-corrected chi connectivity index (χ1v) is 11.8. The van der Waals surface area contributed by atoms with Gasteiger partial charge in [-0.25, -0.2) is 0 Å². The molecule has 0 heterocycles. The molecular weight excluding hydrogens is 404 g/mol. The summed E-state index contributed by atoms with van der Waals surface area (Å²) >= 11 is 0. The maximum Gasteiger partial charge on any atom is 0.252 e. The van der Waals surface area contributed by atoms with Crippen molar-refractivity contribution >= 4 is 11.8 Å². The summed E-state index contributed by atoms with van der Waals surface area (Å²) in [4.78, 5) is 25.0. The molecule has 6 nitrogen and oxygen atoms in total. The van der Waals surface area contributed by atoms with Crippen molar-refractivity contribution in [1.82, 2.24) is 10.2 Å². The Kier molecular flexibility index (Phi) is 11.4. The van der Waals surface area contributed by atoms with Crippen molar-refractivity contribution in [3.8, 4) is 0 Å². The van der Waals surface area contributed by atoms with E-state index in [0.717, 1.165) is 39.0 Å². The van der Waals surface area contributed by atoms with Gasteiger partial charge in [0.25, 0.3) is 11.8 Å². The summed E-state index contributed by atoms with van der Waals surface area (Å²) in [5.41, 5.74) is 3.68. The molecule has 0 unspecified atom stereocenters. The first-order valence-electron chi connectivity index (χ1n) is 11.8. The van der Waals surface area contributed by atoms with E-state index >= 15 is 8.96 Å². The Balaban J connectivity index is 3.08. The molecule has 182 valence electrons. The molecule has 0 aromatic heterocycles. The number of hydrogen-bond acceptors (Lipinski definition) is 4. The van der Waals surface area contributed by atoms with Gasteiger partial charge in [-0.3, -0.25) is 9.59 Å². The Bertz CT molecular complexity index is 538. The van der Waals surface area contributed by atoms with Crippen LogP contribution in [0.3, 0.4) is 0 Å². The van der Waals surface area contributed by atoms with E-state index in [1.165, 1.54) is 0 Å². The van der Waals surface area contributed by atoms with E-state index in [2.05, 4.69) is 0 Å². The SMILES string of the molecule is CC(C)CCC(=O)N(F)C(C)([C@H](O)[C@@H](N)CC1CCCCC1)N(F)C(=O)CCC(C)C. The highest BCUT2D eigenvalue weighted by molar-refractivity contribution is 5.79. The van der Waals surface area contributed by atoms with E-state index in [4.69, 9.17) is 5.73 Å². The molecule has 0 radical (unpaired) electrons. The van der Waals surface area contributed by atoms with Crippen LogP contribution in [0, 0.1) is 17.8 Å². The van der Waals surface area contributed by atoms with E-state index < -0.39 is 29.6 Å². The maximum atomic E-state index is 15.3. The van der Waals surface area contributed by atoms with Crippen LogP contribution in [0.5, 0.6) is 0 Å². The van der Waals surface area contributed by atoms with Crippen LogP contribution >= 0.6 is 0 Å². The number of hydrogen-bond donors (Lipinski definition) is 2. The lowest BCUT2D eigenvalue weighted by Crippen LogP contribution is -2.67. The zero-order chi connectivity index (χ0) is 23.8. The molecule has 1 aliphatic rings. The van der Waals surface area contributed by atoms with Crippen LogP contribution in [0.2, 0.25) is 0 Å². The van der Waals surface area contributed by atoms with Crippen molar-refractivity contribution in [1.29, 1.82) is 0 Å². The van der Waals surface area contributed by atoms with Crippen LogP contribution in [0.25, 0.3) is 0 Å². The van der Waals surface area contributed by atoms with Crippen LogP contribution in [-0.4, -0.2) is 45.0 Å². The molecule has 1 saturated carbocycles. The molecule has 0 aromatic carbocycles. The van der Waals surface area contributed by atoms with Gasteiger partial charge >= 0.3 is 0 Å². The summed E-state index contributed by atoms with van der Waals surface area (Å²) in [5, 5.41) is 10.3. The third-order valence-electron chi connectivity index (χ3n) is 6.40. The lowest BCUT2D eigenvalue weighted by atomic mass is 9.82. The molecule has 1 rings (SSSR count). The van der Waals surface area contributed by atoms with Crippen molar-refractivity contribution in [3.63, 3.8) is 0 Å². The van der Waals surface area contributed by atoms with Crippen LogP contribution < -0.4 is 5.73 Å². The van der Waals surface area contributed by atoms with Gasteiger partial charge in [-0.05, 0) is 43.9 Å². The molecule has 0 aromatic rings. The molecule has 0 aliphatic heterocycles. The quantitative estimate of drug-likeness (QED) is 0.336. The first kappa shape index (κ1) is 27.8. The van der Waals surface area contributed by atoms with Gasteiger partial charge in [0.2, 0.25) is 5.66 Å². The number of aliphatic hydroxyl groups is 1. The van der Waals surface area contributed by atoms with Crippen molar-refractivity contribution in [2.75, 3.05) is 0 Å². The molecule has 1 fully saturated rings. The van der Waals surface area contributed by atoms with Gasteiger partial charge in [-0.2, -0.15) is 0 Å². The largest absolute Gasteiger partial charge is 0.387 e. The second-order valence-corrected chi connectivity index (χ2v) is 10.2. The van der Waals surface area contributed by atoms with E-state index in [1.54, 1.807) is 0 Å². The lowest BCUT2D eigenvalue weighted by Gasteiger charge is -2.44. The normalized spacial score (nSPS) is 17.6. The predicted octanol–water partition coefficient (Wildman–Crippen LogP) is 4.66. The molecule has 8 heteroatoms.